The lowest BCUT2D eigenvalue weighted by Crippen LogP contribution is -2.26. The van der Waals surface area contributed by atoms with Crippen LogP contribution < -0.4 is 34.0 Å². The summed E-state index contributed by atoms with van der Waals surface area (Å²) in [6.45, 7) is 0. The lowest BCUT2D eigenvalue weighted by Gasteiger charge is -2.08. The number of H-pyrrole nitrogens is 5. The molecule has 3 aromatic heterocycles. The van der Waals surface area contributed by atoms with Crippen LogP contribution in [0.4, 0.5) is 23.0 Å². The first kappa shape index (κ1) is 19.2. The second-order valence-corrected chi connectivity index (χ2v) is 5.98. The maximum Gasteiger partial charge on any atom is 0.342 e. The first-order chi connectivity index (χ1) is 14.8. The minimum absolute atomic E-state index is 0.0208. The zero-order valence-electron chi connectivity index (χ0n) is 15.3. The molecule has 0 aliphatic heterocycles. The van der Waals surface area contributed by atoms with Crippen molar-refractivity contribution in [2.75, 3.05) is 11.5 Å². The summed E-state index contributed by atoms with van der Waals surface area (Å²) in [6.07, 6.45) is 0. The molecule has 0 aliphatic carbocycles. The minimum atomic E-state index is -0.817. The zero-order chi connectivity index (χ0) is 22.1. The molecule has 4 aromatic rings. The van der Waals surface area contributed by atoms with Crippen LogP contribution in [-0.2, 0) is 0 Å². The summed E-state index contributed by atoms with van der Waals surface area (Å²) in [4.78, 5) is 51.4. The van der Waals surface area contributed by atoms with Crippen LogP contribution in [0.3, 0.4) is 0 Å². The van der Waals surface area contributed by atoms with Gasteiger partial charge in [0.15, 0.2) is 22.9 Å². The van der Waals surface area contributed by atoms with Crippen molar-refractivity contribution in [2.45, 2.75) is 0 Å². The fraction of sp³-hybridized carbons (Fsp3) is 0. The van der Waals surface area contributed by atoms with Gasteiger partial charge < -0.3 is 11.5 Å². The number of nitrogens with two attached hydrogens (primary N) is 2. The monoisotopic (exact) mass is 424 g/mol. The van der Waals surface area contributed by atoms with Gasteiger partial charge in [-0.15, -0.1) is 10.2 Å². The van der Waals surface area contributed by atoms with Crippen molar-refractivity contribution in [1.29, 1.82) is 0 Å². The number of benzene rings is 1. The van der Waals surface area contributed by atoms with Crippen molar-refractivity contribution in [1.82, 2.24) is 40.6 Å². The molecule has 16 heteroatoms. The Morgan fingerprint density at radius 1 is 0.710 bits per heavy atom. The zero-order valence-corrected chi connectivity index (χ0v) is 15.3. The van der Waals surface area contributed by atoms with Crippen molar-refractivity contribution in [3.8, 4) is 22.5 Å². The molecule has 0 saturated carbocycles. The van der Waals surface area contributed by atoms with Gasteiger partial charge in [-0.1, -0.05) is 18.2 Å². The summed E-state index contributed by atoms with van der Waals surface area (Å²) in [6, 6.07) is 4.40. The van der Waals surface area contributed by atoms with Gasteiger partial charge in [-0.2, -0.15) is 15.3 Å². The Morgan fingerprint density at radius 3 is 1.68 bits per heavy atom. The van der Waals surface area contributed by atoms with E-state index in [4.69, 9.17) is 11.5 Å². The van der Waals surface area contributed by atoms with Crippen LogP contribution >= 0.6 is 0 Å². The smallest absolute Gasteiger partial charge is 0.342 e. The minimum Gasteiger partial charge on any atom is -0.382 e. The van der Waals surface area contributed by atoms with Gasteiger partial charge in [0.25, 0.3) is 11.1 Å². The van der Waals surface area contributed by atoms with E-state index < -0.39 is 22.5 Å². The maximum atomic E-state index is 12.3. The number of rotatable bonds is 4. The Bertz CT molecular complexity index is 1450. The summed E-state index contributed by atoms with van der Waals surface area (Å²) in [7, 11) is 0. The summed E-state index contributed by atoms with van der Waals surface area (Å²) >= 11 is 0. The quantitative estimate of drug-likeness (QED) is 0.195. The fourth-order valence-corrected chi connectivity index (χ4v) is 2.66. The van der Waals surface area contributed by atoms with E-state index in [0.29, 0.717) is 0 Å². The number of aromatic amines is 5. The molecule has 0 amide bonds. The predicted molar refractivity (Wildman–Crippen MR) is 107 cm³/mol. The number of azo groups is 1. The van der Waals surface area contributed by atoms with Crippen LogP contribution in [0.25, 0.3) is 22.5 Å². The number of hydrogen-bond donors (Lipinski definition) is 7. The van der Waals surface area contributed by atoms with Crippen LogP contribution in [0, 0.1) is 0 Å². The third-order valence-electron chi connectivity index (χ3n) is 4.01. The average molecular weight is 424 g/mol. The average Bonchev–Trinajstić information content (AvgIpc) is 3.04. The topological polar surface area (TPSA) is 263 Å². The standard InChI is InChI=1S/C15H12N12O4/c16-10-9(11(17)25-24-10)23-20-6-4(7-12(28)18-14(30)26-21-7)2-1-3-5(6)8-13(29)19-15(31)27-22-8/h1-3H,(H5,16,17,24,25)(H2,18,26,28,30)(H2,19,27,29,31)/b23-20+. The highest BCUT2D eigenvalue weighted by Gasteiger charge is 2.19. The lowest BCUT2D eigenvalue weighted by molar-refractivity contribution is 0.894. The van der Waals surface area contributed by atoms with Gasteiger partial charge in [-0.25, -0.2) is 19.8 Å². The Kier molecular flexibility index (Phi) is 4.55. The van der Waals surface area contributed by atoms with E-state index in [-0.39, 0.29) is 45.5 Å². The van der Waals surface area contributed by atoms with Gasteiger partial charge in [0, 0.05) is 11.1 Å². The lowest BCUT2D eigenvalue weighted by atomic mass is 10.0. The van der Waals surface area contributed by atoms with Gasteiger partial charge in [0.1, 0.15) is 11.5 Å². The van der Waals surface area contributed by atoms with Crippen molar-refractivity contribution in [2.24, 2.45) is 10.2 Å². The van der Waals surface area contributed by atoms with E-state index in [1.165, 1.54) is 18.2 Å². The van der Waals surface area contributed by atoms with E-state index in [2.05, 4.69) is 40.8 Å². The van der Waals surface area contributed by atoms with Gasteiger partial charge in [-0.3, -0.25) is 24.7 Å². The van der Waals surface area contributed by atoms with Gasteiger partial charge in [0.2, 0.25) is 0 Å². The summed E-state index contributed by atoms with van der Waals surface area (Å²) < 4.78 is 0. The molecule has 0 unspecified atom stereocenters. The molecule has 16 nitrogen and oxygen atoms in total. The highest BCUT2D eigenvalue weighted by molar-refractivity contribution is 5.85. The fourth-order valence-electron chi connectivity index (χ4n) is 2.66. The van der Waals surface area contributed by atoms with Gasteiger partial charge in [-0.05, 0) is 0 Å². The Hall–Kier alpha value is -5.15. The highest BCUT2D eigenvalue weighted by Crippen LogP contribution is 2.37. The Labute approximate surface area is 168 Å². The van der Waals surface area contributed by atoms with E-state index in [1.54, 1.807) is 0 Å². The molecular formula is C15H12N12O4. The Morgan fingerprint density at radius 2 is 1.23 bits per heavy atom. The summed E-state index contributed by atoms with van der Waals surface area (Å²) in [5.41, 5.74) is 7.87. The highest BCUT2D eigenvalue weighted by atomic mass is 16.2. The van der Waals surface area contributed by atoms with Crippen LogP contribution in [0.1, 0.15) is 0 Å². The summed E-state index contributed by atoms with van der Waals surface area (Å²) in [5, 5.41) is 25.9. The van der Waals surface area contributed by atoms with Crippen LogP contribution in [0.15, 0.2) is 47.6 Å². The van der Waals surface area contributed by atoms with Crippen LogP contribution in [-0.4, -0.2) is 40.6 Å². The van der Waals surface area contributed by atoms with Crippen molar-refractivity contribution in [3.63, 3.8) is 0 Å². The molecule has 0 radical (unpaired) electrons. The SMILES string of the molecule is Nc1n[nH]c(N)c1/N=N/c1c(-c2n[nH]c(=O)[nH]c2=O)cccc1-c1n[nH]c(=O)[nH]c1=O. The molecule has 4 rings (SSSR count). The number of nitrogens with one attached hydrogen (secondary N) is 5. The first-order valence-corrected chi connectivity index (χ1v) is 8.38. The molecule has 0 fully saturated rings. The normalized spacial score (nSPS) is 11.2. The number of nitrogen functional groups attached to an aromatic ring is 2. The second-order valence-electron chi connectivity index (χ2n) is 5.98. The Balaban J connectivity index is 2.02. The summed E-state index contributed by atoms with van der Waals surface area (Å²) in [5.74, 6) is -0.0133. The van der Waals surface area contributed by atoms with Gasteiger partial charge in [0.05, 0.1) is 0 Å². The molecule has 31 heavy (non-hydrogen) atoms. The second kappa shape index (κ2) is 7.35. The molecular weight excluding hydrogens is 412 g/mol. The van der Waals surface area contributed by atoms with Crippen molar-refractivity contribution in [3.05, 3.63) is 59.9 Å². The molecule has 0 atom stereocenters. The van der Waals surface area contributed by atoms with E-state index in [9.17, 15) is 19.2 Å². The van der Waals surface area contributed by atoms with E-state index in [1.807, 2.05) is 9.97 Å². The predicted octanol–water partition coefficient (Wildman–Crippen LogP) is -1.13. The number of hydrogen-bond acceptors (Lipinski definition) is 11. The molecule has 0 spiro atoms. The molecule has 0 bridgehead atoms. The van der Waals surface area contributed by atoms with E-state index >= 15 is 0 Å². The number of aromatic nitrogens is 8. The van der Waals surface area contributed by atoms with E-state index in [0.717, 1.165) is 0 Å². The molecule has 3 heterocycles. The van der Waals surface area contributed by atoms with Crippen LogP contribution in [0.2, 0.25) is 0 Å². The molecule has 9 N–H and O–H groups in total. The third kappa shape index (κ3) is 3.50. The van der Waals surface area contributed by atoms with Crippen LogP contribution in [0.5, 0.6) is 0 Å². The molecule has 156 valence electrons. The maximum absolute atomic E-state index is 12.3. The number of anilines is 2. The largest absolute Gasteiger partial charge is 0.382 e. The van der Waals surface area contributed by atoms with Crippen molar-refractivity contribution < 1.29 is 0 Å². The number of nitrogens with zero attached hydrogens (tertiary/aromatic N) is 5. The molecule has 0 saturated heterocycles. The molecule has 0 aliphatic rings. The van der Waals surface area contributed by atoms with Crippen molar-refractivity contribution >= 4 is 23.0 Å². The first-order valence-electron chi connectivity index (χ1n) is 8.38. The third-order valence-corrected chi connectivity index (χ3v) is 4.01. The molecule has 1 aromatic carbocycles. The van der Waals surface area contributed by atoms with Gasteiger partial charge >= 0.3 is 11.4 Å².